The number of ether oxygens (including phenoxy) is 1. The van der Waals surface area contributed by atoms with Crippen LogP contribution < -0.4 is 10.1 Å². The number of rotatable bonds is 9. The van der Waals surface area contributed by atoms with E-state index in [-0.39, 0.29) is 24.5 Å². The Labute approximate surface area is 191 Å². The quantitative estimate of drug-likeness (QED) is 0.525. The number of carbonyl (C=O) groups excluding carboxylic acids is 2. The van der Waals surface area contributed by atoms with Gasteiger partial charge >= 0.3 is 0 Å². The molecule has 0 aliphatic heterocycles. The Hall–Kier alpha value is -2.05. The summed E-state index contributed by atoms with van der Waals surface area (Å²) < 4.78 is 6.47. The van der Waals surface area contributed by atoms with E-state index in [1.165, 1.54) is 0 Å². The van der Waals surface area contributed by atoms with E-state index >= 15 is 0 Å². The first kappa shape index (κ1) is 24.2. The van der Waals surface area contributed by atoms with E-state index in [1.807, 2.05) is 45.0 Å². The van der Waals surface area contributed by atoms with Gasteiger partial charge in [0.25, 0.3) is 5.91 Å². The molecule has 2 amide bonds. The third-order valence-corrected chi connectivity index (χ3v) is 5.64. The zero-order chi connectivity index (χ0) is 22.3. The van der Waals surface area contributed by atoms with Crippen LogP contribution in [0.5, 0.6) is 5.75 Å². The zero-order valence-corrected chi connectivity index (χ0v) is 20.1. The zero-order valence-electron chi connectivity index (χ0n) is 17.7. The van der Waals surface area contributed by atoms with Crippen molar-refractivity contribution < 1.29 is 14.3 Å². The maximum Gasteiger partial charge on any atom is 0.261 e. The van der Waals surface area contributed by atoms with Gasteiger partial charge in [0, 0.05) is 17.1 Å². The summed E-state index contributed by atoms with van der Waals surface area (Å²) in [7, 11) is 0. The Kier molecular flexibility index (Phi) is 9.18. The van der Waals surface area contributed by atoms with Gasteiger partial charge in [0.15, 0.2) is 6.61 Å². The maximum atomic E-state index is 13.1. The van der Waals surface area contributed by atoms with Crippen molar-refractivity contribution in [2.24, 2.45) is 0 Å². The van der Waals surface area contributed by atoms with E-state index in [0.717, 1.165) is 22.0 Å². The highest BCUT2D eigenvalue weighted by molar-refractivity contribution is 9.10. The van der Waals surface area contributed by atoms with Crippen LogP contribution in [-0.4, -0.2) is 35.4 Å². The van der Waals surface area contributed by atoms with E-state index in [4.69, 9.17) is 16.3 Å². The summed E-state index contributed by atoms with van der Waals surface area (Å²) in [6.45, 7) is 7.77. The van der Waals surface area contributed by atoms with Crippen LogP contribution in [0.3, 0.4) is 0 Å². The van der Waals surface area contributed by atoms with Crippen molar-refractivity contribution >= 4 is 39.3 Å². The number of amides is 2. The lowest BCUT2D eigenvalue weighted by atomic mass is 10.1. The van der Waals surface area contributed by atoms with Crippen LogP contribution in [0.15, 0.2) is 46.9 Å². The molecule has 0 aliphatic carbocycles. The van der Waals surface area contributed by atoms with Crippen LogP contribution in [0, 0.1) is 6.92 Å². The molecule has 5 nitrogen and oxygen atoms in total. The molecule has 0 fully saturated rings. The fraction of sp³-hybridized carbons (Fsp3) is 0.391. The summed E-state index contributed by atoms with van der Waals surface area (Å²) in [6.07, 6.45) is 0.815. The molecule has 0 radical (unpaired) electrons. The lowest BCUT2D eigenvalue weighted by Gasteiger charge is -2.29. The van der Waals surface area contributed by atoms with Crippen molar-refractivity contribution in [2.45, 2.75) is 52.7 Å². The summed E-state index contributed by atoms with van der Waals surface area (Å²) in [5.41, 5.74) is 2.04. The number of aryl methyl sites for hydroxylation is 1. The molecular formula is C23H28BrClN2O3. The highest BCUT2D eigenvalue weighted by atomic mass is 79.9. The number of halogens is 2. The standard InChI is InChI=1S/C23H28BrClN2O3/c1-5-16(3)26-23(29)17(4)27(13-18-8-6-7-15(2)11-18)22(28)14-30-21-10-9-19(24)12-20(21)25/h6-12,16-17H,5,13-14H2,1-4H3,(H,26,29)/t16-,17+/m0/s1. The predicted molar refractivity (Wildman–Crippen MR) is 124 cm³/mol. The topological polar surface area (TPSA) is 58.6 Å². The Morgan fingerprint density at radius 3 is 2.57 bits per heavy atom. The minimum Gasteiger partial charge on any atom is -0.482 e. The molecule has 0 saturated heterocycles. The lowest BCUT2D eigenvalue weighted by Crippen LogP contribution is -2.50. The Balaban J connectivity index is 2.18. The largest absolute Gasteiger partial charge is 0.482 e. The number of hydrogen-bond acceptors (Lipinski definition) is 3. The molecule has 0 heterocycles. The molecule has 7 heteroatoms. The Bertz CT molecular complexity index is 891. The van der Waals surface area contributed by atoms with E-state index in [2.05, 4.69) is 21.2 Å². The van der Waals surface area contributed by atoms with E-state index < -0.39 is 6.04 Å². The van der Waals surface area contributed by atoms with Gasteiger partial charge in [-0.05, 0) is 51.0 Å². The molecule has 2 aromatic carbocycles. The predicted octanol–water partition coefficient (Wildman–Crippen LogP) is 5.12. The molecular weight excluding hydrogens is 468 g/mol. The number of hydrogen-bond donors (Lipinski definition) is 1. The van der Waals surface area contributed by atoms with E-state index in [1.54, 1.807) is 30.0 Å². The number of benzene rings is 2. The fourth-order valence-electron chi connectivity index (χ4n) is 2.87. The molecule has 2 rings (SSSR count). The van der Waals surface area contributed by atoms with Crippen LogP contribution in [0.4, 0.5) is 0 Å². The molecule has 0 aliphatic rings. The van der Waals surface area contributed by atoms with Crippen molar-refractivity contribution in [1.82, 2.24) is 10.2 Å². The minimum atomic E-state index is -0.643. The van der Waals surface area contributed by atoms with E-state index in [0.29, 0.717) is 17.3 Å². The monoisotopic (exact) mass is 494 g/mol. The average Bonchev–Trinajstić information content (AvgIpc) is 2.70. The maximum absolute atomic E-state index is 13.1. The van der Waals surface area contributed by atoms with Crippen molar-refractivity contribution in [2.75, 3.05) is 6.61 Å². The summed E-state index contributed by atoms with van der Waals surface area (Å²) in [6, 6.07) is 12.5. The van der Waals surface area contributed by atoms with Gasteiger partial charge in [0.2, 0.25) is 5.91 Å². The second-order valence-corrected chi connectivity index (χ2v) is 8.69. The average molecular weight is 496 g/mol. The summed E-state index contributed by atoms with van der Waals surface area (Å²) in [4.78, 5) is 27.3. The molecule has 2 atom stereocenters. The highest BCUT2D eigenvalue weighted by Crippen LogP contribution is 2.27. The molecule has 2 aromatic rings. The normalized spacial score (nSPS) is 12.7. The van der Waals surface area contributed by atoms with Crippen LogP contribution >= 0.6 is 27.5 Å². The summed E-state index contributed by atoms with van der Waals surface area (Å²) in [5.74, 6) is -0.0604. The lowest BCUT2D eigenvalue weighted by molar-refractivity contribution is -0.142. The number of nitrogens with zero attached hydrogens (tertiary/aromatic N) is 1. The smallest absolute Gasteiger partial charge is 0.261 e. The number of carbonyl (C=O) groups is 2. The van der Waals surface area contributed by atoms with Crippen molar-refractivity contribution in [3.63, 3.8) is 0 Å². The molecule has 162 valence electrons. The Morgan fingerprint density at radius 2 is 1.93 bits per heavy atom. The van der Waals surface area contributed by atoms with Crippen LogP contribution in [0.2, 0.25) is 5.02 Å². The third kappa shape index (κ3) is 7.03. The first-order chi connectivity index (χ1) is 14.2. The first-order valence-corrected chi connectivity index (χ1v) is 11.1. The van der Waals surface area contributed by atoms with Gasteiger partial charge in [-0.1, -0.05) is 64.3 Å². The van der Waals surface area contributed by atoms with Crippen molar-refractivity contribution in [3.05, 3.63) is 63.1 Å². The van der Waals surface area contributed by atoms with Gasteiger partial charge in [0.05, 0.1) is 5.02 Å². The minimum absolute atomic E-state index is 0.0358. The molecule has 0 aromatic heterocycles. The second kappa shape index (κ2) is 11.4. The summed E-state index contributed by atoms with van der Waals surface area (Å²) in [5, 5.41) is 3.36. The fourth-order valence-corrected chi connectivity index (χ4v) is 3.60. The summed E-state index contributed by atoms with van der Waals surface area (Å²) >= 11 is 9.53. The second-order valence-electron chi connectivity index (χ2n) is 7.37. The van der Waals surface area contributed by atoms with E-state index in [9.17, 15) is 9.59 Å². The van der Waals surface area contributed by atoms with Gasteiger partial charge < -0.3 is 15.0 Å². The molecule has 0 bridgehead atoms. The van der Waals surface area contributed by atoms with Gasteiger partial charge in [0.1, 0.15) is 11.8 Å². The molecule has 0 spiro atoms. The number of nitrogens with one attached hydrogen (secondary N) is 1. The van der Waals surface area contributed by atoms with Gasteiger partial charge in [-0.25, -0.2) is 0 Å². The van der Waals surface area contributed by atoms with Crippen LogP contribution in [-0.2, 0) is 16.1 Å². The first-order valence-electron chi connectivity index (χ1n) is 9.94. The van der Waals surface area contributed by atoms with Crippen LogP contribution in [0.25, 0.3) is 0 Å². The van der Waals surface area contributed by atoms with Gasteiger partial charge in [-0.15, -0.1) is 0 Å². The molecule has 30 heavy (non-hydrogen) atoms. The SMILES string of the molecule is CC[C@H](C)NC(=O)[C@@H](C)N(Cc1cccc(C)c1)C(=O)COc1ccc(Br)cc1Cl. The Morgan fingerprint density at radius 1 is 1.20 bits per heavy atom. The molecule has 0 unspecified atom stereocenters. The van der Waals surface area contributed by atoms with Crippen LogP contribution in [0.1, 0.15) is 38.3 Å². The van der Waals surface area contributed by atoms with Gasteiger partial charge in [-0.3, -0.25) is 9.59 Å². The van der Waals surface area contributed by atoms with Crippen molar-refractivity contribution in [3.8, 4) is 5.75 Å². The van der Waals surface area contributed by atoms with Gasteiger partial charge in [-0.2, -0.15) is 0 Å². The molecule has 0 saturated carbocycles. The third-order valence-electron chi connectivity index (χ3n) is 4.85. The highest BCUT2D eigenvalue weighted by Gasteiger charge is 2.27. The molecule has 1 N–H and O–H groups in total. The van der Waals surface area contributed by atoms with Crippen molar-refractivity contribution in [1.29, 1.82) is 0 Å².